The van der Waals surface area contributed by atoms with Crippen LogP contribution in [0, 0.1) is 6.92 Å². The van der Waals surface area contributed by atoms with Crippen LogP contribution < -0.4 is 15.6 Å². The second-order valence-corrected chi connectivity index (χ2v) is 4.90. The number of hydrogen-bond donors (Lipinski definition) is 2. The summed E-state index contributed by atoms with van der Waals surface area (Å²) in [6.45, 7) is 5.69. The lowest BCUT2D eigenvalue weighted by molar-refractivity contribution is -0.124. The average Bonchev–Trinajstić information content (AvgIpc) is 2.83. The van der Waals surface area contributed by atoms with Crippen LogP contribution in [-0.2, 0) is 16.1 Å². The van der Waals surface area contributed by atoms with Crippen molar-refractivity contribution in [3.8, 4) is 0 Å². The molecule has 1 aromatic rings. The molecule has 0 bridgehead atoms. The van der Waals surface area contributed by atoms with Gasteiger partial charge in [-0.3, -0.25) is 14.5 Å². The van der Waals surface area contributed by atoms with Gasteiger partial charge in [0.05, 0.1) is 5.69 Å². The van der Waals surface area contributed by atoms with Crippen LogP contribution in [0.1, 0.15) is 12.1 Å². The van der Waals surface area contributed by atoms with Crippen molar-refractivity contribution in [3.63, 3.8) is 0 Å². The van der Waals surface area contributed by atoms with Gasteiger partial charge in [-0.1, -0.05) is 0 Å². The monoisotopic (exact) mass is 305 g/mol. The Kier molecular flexibility index (Phi) is 4.54. The Labute approximate surface area is 128 Å². The van der Waals surface area contributed by atoms with Crippen molar-refractivity contribution >= 4 is 30.2 Å². The first-order valence-corrected chi connectivity index (χ1v) is 6.82. The molecule has 1 atom stereocenters. The van der Waals surface area contributed by atoms with Gasteiger partial charge in [-0.05, 0) is 20.1 Å². The Morgan fingerprint density at radius 1 is 1.55 bits per heavy atom. The molecule has 0 radical (unpaired) electrons. The van der Waals surface area contributed by atoms with E-state index < -0.39 is 11.9 Å². The highest BCUT2D eigenvalue weighted by Crippen LogP contribution is 2.20. The summed E-state index contributed by atoms with van der Waals surface area (Å²) in [4.78, 5) is 29.6. The number of aromatic nitrogens is 2. The summed E-state index contributed by atoms with van der Waals surface area (Å²) in [5.41, 5.74) is 3.31. The van der Waals surface area contributed by atoms with Crippen molar-refractivity contribution in [2.45, 2.75) is 25.9 Å². The van der Waals surface area contributed by atoms with Gasteiger partial charge in [0.15, 0.2) is 0 Å². The molecule has 0 fully saturated rings. The fourth-order valence-electron chi connectivity index (χ4n) is 2.31. The number of aliphatic imine (C=N–C) groups is 1. The molecule has 1 unspecified atom stereocenters. The highest BCUT2D eigenvalue weighted by atomic mass is 16.2. The molecule has 0 saturated carbocycles. The number of fused-ring (bicyclic) bond motifs is 1. The Morgan fingerprint density at radius 2 is 2.27 bits per heavy atom. The number of nitrogens with one attached hydrogen (secondary N) is 2. The summed E-state index contributed by atoms with van der Waals surface area (Å²) in [6.07, 6.45) is 0.438. The van der Waals surface area contributed by atoms with E-state index >= 15 is 0 Å². The predicted molar refractivity (Wildman–Crippen MR) is 83.0 cm³/mol. The van der Waals surface area contributed by atoms with Gasteiger partial charge in [0.25, 0.3) is 11.8 Å². The maximum atomic E-state index is 12.5. The molecule has 0 aliphatic carbocycles. The predicted octanol–water partition coefficient (Wildman–Crippen LogP) is -0.724. The van der Waals surface area contributed by atoms with Crippen LogP contribution in [0.5, 0.6) is 0 Å². The number of amidine groups is 1. The zero-order valence-corrected chi connectivity index (χ0v) is 12.8. The minimum atomic E-state index is -0.664. The highest BCUT2D eigenvalue weighted by Gasteiger charge is 2.31. The van der Waals surface area contributed by atoms with Crippen molar-refractivity contribution in [2.24, 2.45) is 10.1 Å². The maximum absolute atomic E-state index is 12.5. The molecule has 1 aliphatic rings. The molecule has 2 heterocycles. The summed E-state index contributed by atoms with van der Waals surface area (Å²) in [5, 5.41) is 10.7. The molecular formula is C13H19N7O2. The molecule has 1 aromatic heterocycles. The first-order valence-electron chi connectivity index (χ1n) is 6.82. The van der Waals surface area contributed by atoms with E-state index in [2.05, 4.69) is 32.7 Å². The average molecular weight is 305 g/mol. The van der Waals surface area contributed by atoms with E-state index in [1.165, 1.54) is 4.90 Å². The number of nitrogens with zero attached hydrogens (tertiary/aromatic N) is 5. The summed E-state index contributed by atoms with van der Waals surface area (Å²) in [5.74, 6) is -0.160. The molecule has 22 heavy (non-hydrogen) atoms. The second-order valence-electron chi connectivity index (χ2n) is 4.90. The smallest absolute Gasteiger partial charge is 0.291 e. The number of hydrazone groups is 1. The maximum Gasteiger partial charge on any atom is 0.291 e. The van der Waals surface area contributed by atoms with Crippen LogP contribution in [0.3, 0.4) is 0 Å². The van der Waals surface area contributed by atoms with Crippen LogP contribution in [0.2, 0.25) is 0 Å². The number of likely N-dealkylation sites (N-methyl/N-ethyl adjacent to an activating group) is 1. The number of carbonyl (C=O) groups excluding carboxylic acids is 2. The summed E-state index contributed by atoms with van der Waals surface area (Å²) in [6, 6.07) is 1.17. The lowest BCUT2D eigenvalue weighted by atomic mass is 10.2. The molecule has 0 aromatic carbocycles. The summed E-state index contributed by atoms with van der Waals surface area (Å²) in [7, 11) is 3.21. The van der Waals surface area contributed by atoms with Crippen LogP contribution in [0.25, 0.3) is 0 Å². The molecule has 9 heteroatoms. The quantitative estimate of drug-likeness (QED) is 0.427. The standard InChI is InChI=1S/C13H19N7O2/c1-8-7-10-19(4)13(22)9(5-6-20(10)18-8)16-12(21)11(14-2)17-15-3/h7,9,15H,2,5-6H2,1,3-4H3,(H,16,21)/b17-11-. The van der Waals surface area contributed by atoms with Crippen LogP contribution in [0.15, 0.2) is 16.2 Å². The minimum Gasteiger partial charge on any atom is -0.337 e. The van der Waals surface area contributed by atoms with E-state index in [0.29, 0.717) is 18.8 Å². The first-order chi connectivity index (χ1) is 10.5. The summed E-state index contributed by atoms with van der Waals surface area (Å²) < 4.78 is 1.76. The van der Waals surface area contributed by atoms with Gasteiger partial charge in [0.1, 0.15) is 11.9 Å². The molecule has 2 N–H and O–H groups in total. The molecule has 9 nitrogen and oxygen atoms in total. The van der Waals surface area contributed by atoms with Gasteiger partial charge in [-0.15, -0.1) is 0 Å². The van der Waals surface area contributed by atoms with Gasteiger partial charge < -0.3 is 10.7 Å². The van der Waals surface area contributed by atoms with Gasteiger partial charge in [-0.2, -0.15) is 10.2 Å². The van der Waals surface area contributed by atoms with Gasteiger partial charge in [-0.25, -0.2) is 9.67 Å². The SMILES string of the molecule is C=N/C(=N\NC)C(=O)NC1CCn2nc(C)cc2N(C)C1=O. The van der Waals surface area contributed by atoms with Gasteiger partial charge in [0, 0.05) is 26.7 Å². The molecule has 0 spiro atoms. The topological polar surface area (TPSA) is 104 Å². The zero-order chi connectivity index (χ0) is 16.3. The van der Waals surface area contributed by atoms with E-state index in [-0.39, 0.29) is 11.7 Å². The van der Waals surface area contributed by atoms with Crippen molar-refractivity contribution in [1.29, 1.82) is 0 Å². The first kappa shape index (κ1) is 15.7. The molecule has 2 amide bonds. The van der Waals surface area contributed by atoms with Crippen molar-refractivity contribution in [3.05, 3.63) is 11.8 Å². The molecule has 118 valence electrons. The zero-order valence-electron chi connectivity index (χ0n) is 12.8. The lowest BCUT2D eigenvalue weighted by Crippen LogP contribution is -2.48. The number of carbonyl (C=O) groups is 2. The van der Waals surface area contributed by atoms with Crippen molar-refractivity contribution in [1.82, 2.24) is 20.5 Å². The van der Waals surface area contributed by atoms with E-state index in [0.717, 1.165) is 5.69 Å². The van der Waals surface area contributed by atoms with Crippen molar-refractivity contribution in [2.75, 3.05) is 19.0 Å². The molecule has 2 rings (SSSR count). The Balaban J connectivity index is 2.16. The van der Waals surface area contributed by atoms with Crippen LogP contribution in [-0.4, -0.2) is 54.3 Å². The number of rotatable bonds is 2. The molecule has 0 saturated heterocycles. The Hall–Kier alpha value is -2.71. The third-order valence-electron chi connectivity index (χ3n) is 3.36. The second kappa shape index (κ2) is 6.37. The Bertz CT molecular complexity index is 634. The lowest BCUT2D eigenvalue weighted by Gasteiger charge is -2.20. The fraction of sp³-hybridized carbons (Fsp3) is 0.462. The van der Waals surface area contributed by atoms with Gasteiger partial charge in [0.2, 0.25) is 5.84 Å². The number of hydrogen-bond acceptors (Lipinski definition) is 5. The number of amides is 2. The molecule has 1 aliphatic heterocycles. The van der Waals surface area contributed by atoms with Crippen LogP contribution >= 0.6 is 0 Å². The third-order valence-corrected chi connectivity index (χ3v) is 3.36. The molecular weight excluding hydrogens is 286 g/mol. The van der Waals surface area contributed by atoms with E-state index in [4.69, 9.17) is 0 Å². The van der Waals surface area contributed by atoms with E-state index in [9.17, 15) is 9.59 Å². The Morgan fingerprint density at radius 3 is 2.91 bits per heavy atom. The number of aryl methyl sites for hydroxylation is 2. The largest absolute Gasteiger partial charge is 0.337 e. The number of anilines is 1. The van der Waals surface area contributed by atoms with E-state index in [1.54, 1.807) is 18.8 Å². The van der Waals surface area contributed by atoms with Crippen LogP contribution in [0.4, 0.5) is 5.82 Å². The highest BCUT2D eigenvalue weighted by molar-refractivity contribution is 6.39. The minimum absolute atomic E-state index is 0.115. The third kappa shape index (κ3) is 2.97. The fourth-order valence-corrected chi connectivity index (χ4v) is 2.31. The van der Waals surface area contributed by atoms with Gasteiger partial charge >= 0.3 is 0 Å². The van der Waals surface area contributed by atoms with Crippen molar-refractivity contribution < 1.29 is 9.59 Å². The normalized spacial score (nSPS) is 18.5. The summed E-state index contributed by atoms with van der Waals surface area (Å²) >= 11 is 0. The van der Waals surface area contributed by atoms with E-state index in [1.807, 2.05) is 13.0 Å².